The number of nitrogens with zero attached hydrogens (tertiary/aromatic N) is 2. The molecule has 2 aromatic heterocycles. The molecule has 8 heteroatoms. The summed E-state index contributed by atoms with van der Waals surface area (Å²) in [5, 5.41) is 6.63. The summed E-state index contributed by atoms with van der Waals surface area (Å²) < 4.78 is 24.4. The van der Waals surface area contributed by atoms with E-state index in [4.69, 9.17) is 0 Å². The summed E-state index contributed by atoms with van der Waals surface area (Å²) in [7, 11) is -3.47. The number of rotatable bonds is 7. The summed E-state index contributed by atoms with van der Waals surface area (Å²) >= 11 is 1.55. The first-order valence-corrected chi connectivity index (χ1v) is 10.5. The van der Waals surface area contributed by atoms with E-state index in [1.54, 1.807) is 41.9 Å². The number of benzene rings is 1. The molecule has 1 N–H and O–H groups in total. The summed E-state index contributed by atoms with van der Waals surface area (Å²) in [5.74, 6) is -0.577. The Morgan fingerprint density at radius 2 is 1.85 bits per heavy atom. The third-order valence-corrected chi connectivity index (χ3v) is 6.14. The van der Waals surface area contributed by atoms with Crippen LogP contribution in [0.2, 0.25) is 0 Å². The van der Waals surface area contributed by atoms with Crippen molar-refractivity contribution in [3.8, 4) is 11.3 Å². The smallest absolute Gasteiger partial charge is 0.221 e. The van der Waals surface area contributed by atoms with Crippen molar-refractivity contribution in [1.82, 2.24) is 15.3 Å². The summed E-state index contributed by atoms with van der Waals surface area (Å²) in [4.78, 5) is 20.9. The zero-order valence-corrected chi connectivity index (χ0v) is 15.5. The molecule has 0 aliphatic heterocycles. The molecule has 3 rings (SSSR count). The Bertz CT molecular complexity index is 972. The average molecular weight is 387 g/mol. The van der Waals surface area contributed by atoms with Crippen LogP contribution in [0, 0.1) is 0 Å². The summed E-state index contributed by atoms with van der Waals surface area (Å²) in [6, 6.07) is 10.1. The van der Waals surface area contributed by atoms with Crippen LogP contribution in [0.3, 0.4) is 0 Å². The van der Waals surface area contributed by atoms with Gasteiger partial charge in [-0.2, -0.15) is 11.3 Å². The largest absolute Gasteiger partial charge is 0.350 e. The molecular formula is C18H17N3O3S2. The third kappa shape index (κ3) is 4.53. The van der Waals surface area contributed by atoms with Gasteiger partial charge in [-0.25, -0.2) is 8.42 Å². The molecule has 1 aromatic carbocycles. The Kier molecular flexibility index (Phi) is 5.75. The van der Waals surface area contributed by atoms with Crippen LogP contribution >= 0.6 is 11.3 Å². The first-order valence-electron chi connectivity index (χ1n) is 7.93. The van der Waals surface area contributed by atoms with Gasteiger partial charge in [0.1, 0.15) is 0 Å². The van der Waals surface area contributed by atoms with Gasteiger partial charge in [0, 0.05) is 29.8 Å². The maximum Gasteiger partial charge on any atom is 0.221 e. The highest BCUT2D eigenvalue weighted by molar-refractivity contribution is 7.91. The Morgan fingerprint density at radius 3 is 2.58 bits per heavy atom. The lowest BCUT2D eigenvalue weighted by Crippen LogP contribution is -2.26. The quantitative estimate of drug-likeness (QED) is 0.673. The minimum atomic E-state index is -3.47. The number of sulfone groups is 1. The highest BCUT2D eigenvalue weighted by Crippen LogP contribution is 2.22. The molecule has 0 aliphatic carbocycles. The van der Waals surface area contributed by atoms with Gasteiger partial charge < -0.3 is 5.32 Å². The van der Waals surface area contributed by atoms with E-state index >= 15 is 0 Å². The zero-order chi connectivity index (χ0) is 18.4. The lowest BCUT2D eigenvalue weighted by Gasteiger charge is -2.08. The molecule has 0 bridgehead atoms. The van der Waals surface area contributed by atoms with Gasteiger partial charge in [0.15, 0.2) is 9.84 Å². The third-order valence-electron chi connectivity index (χ3n) is 3.72. The van der Waals surface area contributed by atoms with Crippen molar-refractivity contribution in [1.29, 1.82) is 0 Å². The van der Waals surface area contributed by atoms with Gasteiger partial charge in [-0.15, -0.1) is 0 Å². The fourth-order valence-electron chi connectivity index (χ4n) is 2.38. The molecule has 2 heterocycles. The lowest BCUT2D eigenvalue weighted by atomic mass is 10.2. The number of aromatic nitrogens is 2. The fraction of sp³-hybridized carbons (Fsp3) is 0.167. The maximum atomic E-state index is 12.2. The van der Waals surface area contributed by atoms with E-state index < -0.39 is 9.84 Å². The molecule has 0 spiro atoms. The van der Waals surface area contributed by atoms with Crippen LogP contribution in [0.1, 0.15) is 12.1 Å². The monoisotopic (exact) mass is 387 g/mol. The highest BCUT2D eigenvalue weighted by atomic mass is 32.2. The topological polar surface area (TPSA) is 89.0 Å². The van der Waals surface area contributed by atoms with Crippen molar-refractivity contribution in [2.45, 2.75) is 17.9 Å². The van der Waals surface area contributed by atoms with Gasteiger partial charge in [-0.3, -0.25) is 14.8 Å². The van der Waals surface area contributed by atoms with Crippen LogP contribution < -0.4 is 5.32 Å². The van der Waals surface area contributed by atoms with Crippen LogP contribution in [0.15, 0.2) is 64.4 Å². The Labute approximate surface area is 155 Å². The normalized spacial score (nSPS) is 11.2. The lowest BCUT2D eigenvalue weighted by molar-refractivity contribution is -0.120. The fourth-order valence-corrected chi connectivity index (χ4v) is 4.28. The van der Waals surface area contributed by atoms with E-state index in [2.05, 4.69) is 15.3 Å². The van der Waals surface area contributed by atoms with Crippen molar-refractivity contribution >= 4 is 27.1 Å². The summed E-state index contributed by atoms with van der Waals surface area (Å²) in [6.45, 7) is 0.198. The molecule has 0 radical (unpaired) electrons. The van der Waals surface area contributed by atoms with Crippen molar-refractivity contribution in [3.63, 3.8) is 0 Å². The predicted molar refractivity (Wildman–Crippen MR) is 100 cm³/mol. The first kappa shape index (κ1) is 18.2. The van der Waals surface area contributed by atoms with Gasteiger partial charge in [0.05, 0.1) is 28.6 Å². The van der Waals surface area contributed by atoms with Crippen LogP contribution in [-0.4, -0.2) is 30.0 Å². The molecule has 0 aliphatic rings. The molecule has 26 heavy (non-hydrogen) atoms. The SMILES string of the molecule is O=C(CCS(=O)(=O)c1ccccc1)NCc1nccnc1-c1ccsc1. The van der Waals surface area contributed by atoms with Gasteiger partial charge in [-0.1, -0.05) is 18.2 Å². The molecule has 134 valence electrons. The molecule has 3 aromatic rings. The standard InChI is InChI=1S/C18H17N3O3S2/c22-17(7-11-26(23,24)15-4-2-1-3-5-15)21-12-16-18(20-9-8-19-16)14-6-10-25-13-14/h1-6,8-10,13H,7,11-12H2,(H,21,22). The second-order valence-corrected chi connectivity index (χ2v) is 8.41. The number of hydrogen-bond donors (Lipinski definition) is 1. The number of hydrogen-bond acceptors (Lipinski definition) is 6. The molecule has 0 unspecified atom stereocenters. The molecule has 0 saturated carbocycles. The van der Waals surface area contributed by atoms with Gasteiger partial charge in [0.25, 0.3) is 0 Å². The second kappa shape index (κ2) is 8.20. The molecule has 0 saturated heterocycles. The molecule has 1 amide bonds. The number of carbonyl (C=O) groups is 1. The van der Waals surface area contributed by atoms with E-state index in [-0.39, 0.29) is 29.5 Å². The Morgan fingerprint density at radius 1 is 1.08 bits per heavy atom. The van der Waals surface area contributed by atoms with E-state index in [0.29, 0.717) is 11.4 Å². The van der Waals surface area contributed by atoms with Crippen LogP contribution in [-0.2, 0) is 21.2 Å². The number of carbonyl (C=O) groups excluding carboxylic acids is 1. The Balaban J connectivity index is 1.59. The minimum absolute atomic E-state index is 0.106. The van der Waals surface area contributed by atoms with Crippen LogP contribution in [0.5, 0.6) is 0 Å². The number of amides is 1. The van der Waals surface area contributed by atoms with E-state index in [0.717, 1.165) is 5.56 Å². The van der Waals surface area contributed by atoms with Crippen LogP contribution in [0.25, 0.3) is 11.3 Å². The number of thiophene rings is 1. The predicted octanol–water partition coefficient (Wildman–Crippen LogP) is 2.69. The van der Waals surface area contributed by atoms with Crippen molar-refractivity contribution in [2.24, 2.45) is 0 Å². The van der Waals surface area contributed by atoms with Gasteiger partial charge in [-0.05, 0) is 23.6 Å². The van der Waals surface area contributed by atoms with Gasteiger partial charge in [0.2, 0.25) is 5.91 Å². The Hall–Kier alpha value is -2.58. The summed E-state index contributed by atoms with van der Waals surface area (Å²) in [6.07, 6.45) is 3.06. The van der Waals surface area contributed by atoms with E-state index in [9.17, 15) is 13.2 Å². The molecular weight excluding hydrogens is 370 g/mol. The number of nitrogens with one attached hydrogen (secondary N) is 1. The van der Waals surface area contributed by atoms with E-state index in [1.807, 2.05) is 16.8 Å². The van der Waals surface area contributed by atoms with Crippen LogP contribution in [0.4, 0.5) is 0 Å². The maximum absolute atomic E-state index is 12.2. The van der Waals surface area contributed by atoms with Crippen molar-refractivity contribution < 1.29 is 13.2 Å². The van der Waals surface area contributed by atoms with Crippen molar-refractivity contribution in [3.05, 3.63) is 65.2 Å². The zero-order valence-electron chi connectivity index (χ0n) is 13.8. The first-order chi connectivity index (χ1) is 12.6. The van der Waals surface area contributed by atoms with E-state index in [1.165, 1.54) is 12.1 Å². The minimum Gasteiger partial charge on any atom is -0.350 e. The highest BCUT2D eigenvalue weighted by Gasteiger charge is 2.16. The average Bonchev–Trinajstić information content (AvgIpc) is 3.20. The molecule has 6 nitrogen and oxygen atoms in total. The second-order valence-electron chi connectivity index (χ2n) is 5.52. The van der Waals surface area contributed by atoms with Gasteiger partial charge >= 0.3 is 0 Å². The van der Waals surface area contributed by atoms with Crippen molar-refractivity contribution in [2.75, 3.05) is 5.75 Å². The summed E-state index contributed by atoms with van der Waals surface area (Å²) in [5.41, 5.74) is 2.30. The molecule has 0 atom stereocenters. The molecule has 0 fully saturated rings.